The van der Waals surface area contributed by atoms with Gasteiger partial charge in [-0.15, -0.1) is 0 Å². The number of esters is 1. The van der Waals surface area contributed by atoms with Gasteiger partial charge in [-0.3, -0.25) is 9.59 Å². The predicted molar refractivity (Wildman–Crippen MR) is 94.9 cm³/mol. The summed E-state index contributed by atoms with van der Waals surface area (Å²) in [5, 5.41) is 0. The van der Waals surface area contributed by atoms with Crippen LogP contribution in [0.4, 0.5) is 4.39 Å². The van der Waals surface area contributed by atoms with Crippen molar-refractivity contribution in [3.05, 3.63) is 71.0 Å². The fourth-order valence-electron chi connectivity index (χ4n) is 2.46. The second-order valence-corrected chi connectivity index (χ2v) is 5.72. The van der Waals surface area contributed by atoms with Crippen LogP contribution in [0.5, 0.6) is 0 Å². The third kappa shape index (κ3) is 5.67. The second kappa shape index (κ2) is 9.68. The molecule has 1 amide bonds. The first-order valence-corrected chi connectivity index (χ1v) is 8.30. The van der Waals surface area contributed by atoms with Crippen molar-refractivity contribution < 1.29 is 23.5 Å². The van der Waals surface area contributed by atoms with Gasteiger partial charge in [-0.05, 0) is 42.3 Å². The molecular weight excluding hydrogens is 337 g/mol. The van der Waals surface area contributed by atoms with Gasteiger partial charge in [0.2, 0.25) is 0 Å². The summed E-state index contributed by atoms with van der Waals surface area (Å²) < 4.78 is 23.1. The van der Waals surface area contributed by atoms with Gasteiger partial charge in [-0.1, -0.05) is 24.3 Å². The van der Waals surface area contributed by atoms with E-state index >= 15 is 0 Å². The van der Waals surface area contributed by atoms with Gasteiger partial charge in [-0.25, -0.2) is 4.39 Å². The summed E-state index contributed by atoms with van der Waals surface area (Å²) in [4.78, 5) is 26.1. The Morgan fingerprint density at radius 2 is 1.62 bits per heavy atom. The molecule has 0 radical (unpaired) electrons. The Hall–Kier alpha value is -2.73. The summed E-state index contributed by atoms with van der Waals surface area (Å²) in [6.45, 7) is 2.40. The standard InChI is InChI=1S/C20H22FNO4/c1-3-26-19(23)13-22(12-15-6-10-18(21)11-7-15)20(24)17-8-4-16(5-9-17)14-25-2/h4-11H,3,12-14H2,1-2H3. The number of ether oxygens (including phenoxy) is 2. The Kier molecular flexibility index (Phi) is 7.29. The zero-order valence-corrected chi connectivity index (χ0v) is 14.9. The number of amides is 1. The van der Waals surface area contributed by atoms with Crippen molar-refractivity contribution in [1.82, 2.24) is 4.90 Å². The van der Waals surface area contributed by atoms with Gasteiger partial charge in [0.1, 0.15) is 12.4 Å². The summed E-state index contributed by atoms with van der Waals surface area (Å²) >= 11 is 0. The van der Waals surface area contributed by atoms with E-state index < -0.39 is 5.97 Å². The van der Waals surface area contributed by atoms with Crippen LogP contribution in [-0.4, -0.2) is 37.0 Å². The van der Waals surface area contributed by atoms with Crippen LogP contribution in [0.2, 0.25) is 0 Å². The highest BCUT2D eigenvalue weighted by Crippen LogP contribution is 2.13. The Balaban J connectivity index is 2.18. The first kappa shape index (κ1) is 19.6. The van der Waals surface area contributed by atoms with E-state index in [9.17, 15) is 14.0 Å². The maximum atomic E-state index is 13.1. The average Bonchev–Trinajstić information content (AvgIpc) is 2.63. The Labute approximate surface area is 152 Å². The summed E-state index contributed by atoms with van der Waals surface area (Å²) in [6, 6.07) is 12.8. The number of hydrogen-bond donors (Lipinski definition) is 0. The molecule has 2 aromatic carbocycles. The SMILES string of the molecule is CCOC(=O)CN(Cc1ccc(F)cc1)C(=O)c1ccc(COC)cc1. The molecule has 0 atom stereocenters. The summed E-state index contributed by atoms with van der Waals surface area (Å²) in [7, 11) is 1.60. The normalized spacial score (nSPS) is 10.4. The Morgan fingerprint density at radius 1 is 1.00 bits per heavy atom. The molecular formula is C20H22FNO4. The molecule has 0 spiro atoms. The summed E-state index contributed by atoms with van der Waals surface area (Å²) in [5.41, 5.74) is 2.12. The smallest absolute Gasteiger partial charge is 0.325 e. The van der Waals surface area contributed by atoms with Gasteiger partial charge in [0.05, 0.1) is 13.2 Å². The van der Waals surface area contributed by atoms with E-state index in [-0.39, 0.29) is 31.4 Å². The zero-order valence-electron chi connectivity index (χ0n) is 14.9. The number of carbonyl (C=O) groups excluding carboxylic acids is 2. The minimum Gasteiger partial charge on any atom is -0.465 e. The van der Waals surface area contributed by atoms with Crippen molar-refractivity contribution in [3.8, 4) is 0 Å². The van der Waals surface area contributed by atoms with Crippen molar-refractivity contribution in [2.75, 3.05) is 20.3 Å². The number of carbonyl (C=O) groups is 2. The molecule has 0 N–H and O–H groups in total. The van der Waals surface area contributed by atoms with E-state index in [1.807, 2.05) is 0 Å². The van der Waals surface area contributed by atoms with Crippen molar-refractivity contribution in [2.45, 2.75) is 20.1 Å². The predicted octanol–water partition coefficient (Wildman–Crippen LogP) is 3.18. The summed E-state index contributed by atoms with van der Waals surface area (Å²) in [6.07, 6.45) is 0. The van der Waals surface area contributed by atoms with Crippen molar-refractivity contribution in [2.24, 2.45) is 0 Å². The average molecular weight is 359 g/mol. The van der Waals surface area contributed by atoms with Crippen LogP contribution in [-0.2, 0) is 27.4 Å². The van der Waals surface area contributed by atoms with Crippen LogP contribution in [0.1, 0.15) is 28.4 Å². The number of benzene rings is 2. The highest BCUT2D eigenvalue weighted by atomic mass is 19.1. The number of halogens is 1. The van der Waals surface area contributed by atoms with Gasteiger partial charge in [0, 0.05) is 19.2 Å². The summed E-state index contributed by atoms with van der Waals surface area (Å²) in [5.74, 6) is -1.14. The molecule has 0 fully saturated rings. The molecule has 26 heavy (non-hydrogen) atoms. The molecule has 0 aliphatic rings. The fourth-order valence-corrected chi connectivity index (χ4v) is 2.46. The number of hydrogen-bond acceptors (Lipinski definition) is 4. The quantitative estimate of drug-likeness (QED) is 0.680. The molecule has 0 saturated heterocycles. The maximum Gasteiger partial charge on any atom is 0.325 e. The lowest BCUT2D eigenvalue weighted by atomic mass is 10.1. The van der Waals surface area contributed by atoms with Gasteiger partial charge >= 0.3 is 5.97 Å². The van der Waals surface area contributed by atoms with Crippen LogP contribution >= 0.6 is 0 Å². The Bertz CT molecular complexity index is 728. The van der Waals surface area contributed by atoms with Crippen LogP contribution in [0.15, 0.2) is 48.5 Å². The van der Waals surface area contributed by atoms with Gasteiger partial charge < -0.3 is 14.4 Å². The van der Waals surface area contributed by atoms with E-state index in [1.165, 1.54) is 17.0 Å². The molecule has 0 aromatic heterocycles. The van der Waals surface area contributed by atoms with Crippen LogP contribution in [0.3, 0.4) is 0 Å². The molecule has 0 saturated carbocycles. The second-order valence-electron chi connectivity index (χ2n) is 5.72. The van der Waals surface area contributed by atoms with Gasteiger partial charge in [-0.2, -0.15) is 0 Å². The molecule has 0 unspecified atom stereocenters. The first-order valence-electron chi connectivity index (χ1n) is 8.30. The third-order valence-corrected chi connectivity index (χ3v) is 3.71. The molecule has 2 rings (SSSR count). The van der Waals surface area contributed by atoms with Crippen LogP contribution < -0.4 is 0 Å². The Morgan fingerprint density at radius 3 is 2.19 bits per heavy atom. The van der Waals surface area contributed by atoms with E-state index in [1.54, 1.807) is 50.4 Å². The molecule has 0 aliphatic heterocycles. The van der Waals surface area contributed by atoms with E-state index in [4.69, 9.17) is 9.47 Å². The van der Waals surface area contributed by atoms with E-state index in [2.05, 4.69) is 0 Å². The van der Waals surface area contributed by atoms with Crippen LogP contribution in [0.25, 0.3) is 0 Å². The topological polar surface area (TPSA) is 55.8 Å². The largest absolute Gasteiger partial charge is 0.465 e. The lowest BCUT2D eigenvalue weighted by Gasteiger charge is -2.22. The fraction of sp³-hybridized carbons (Fsp3) is 0.300. The highest BCUT2D eigenvalue weighted by Gasteiger charge is 2.20. The molecule has 6 heteroatoms. The maximum absolute atomic E-state index is 13.1. The minimum atomic E-state index is -0.487. The molecule has 0 aliphatic carbocycles. The lowest BCUT2D eigenvalue weighted by molar-refractivity contribution is -0.143. The van der Waals surface area contributed by atoms with Gasteiger partial charge in [0.25, 0.3) is 5.91 Å². The molecule has 5 nitrogen and oxygen atoms in total. The van der Waals surface area contributed by atoms with Crippen molar-refractivity contribution in [3.63, 3.8) is 0 Å². The monoisotopic (exact) mass is 359 g/mol. The van der Waals surface area contributed by atoms with E-state index in [0.29, 0.717) is 12.2 Å². The van der Waals surface area contributed by atoms with Crippen molar-refractivity contribution in [1.29, 1.82) is 0 Å². The first-order chi connectivity index (χ1) is 12.5. The minimum absolute atomic E-state index is 0.177. The number of methoxy groups -OCH3 is 1. The van der Waals surface area contributed by atoms with E-state index in [0.717, 1.165) is 11.1 Å². The number of rotatable bonds is 8. The number of nitrogens with zero attached hydrogens (tertiary/aromatic N) is 1. The zero-order chi connectivity index (χ0) is 18.9. The lowest BCUT2D eigenvalue weighted by Crippen LogP contribution is -2.36. The van der Waals surface area contributed by atoms with Crippen molar-refractivity contribution >= 4 is 11.9 Å². The molecule has 138 valence electrons. The molecule has 2 aromatic rings. The van der Waals surface area contributed by atoms with Crippen LogP contribution in [0, 0.1) is 5.82 Å². The highest BCUT2D eigenvalue weighted by molar-refractivity contribution is 5.96. The van der Waals surface area contributed by atoms with Gasteiger partial charge in [0.15, 0.2) is 0 Å². The molecule has 0 bridgehead atoms. The third-order valence-electron chi connectivity index (χ3n) is 3.71. The molecule has 0 heterocycles.